The Bertz CT molecular complexity index is 970. The number of ether oxygens (including phenoxy) is 2. The Hall–Kier alpha value is -2.01. The molecule has 2 aliphatic rings. The molecule has 0 saturated carbocycles. The molecule has 0 radical (unpaired) electrons. The van der Waals surface area contributed by atoms with Crippen LogP contribution in [0.3, 0.4) is 0 Å². The number of carbonyl (C=O) groups is 1. The predicted molar refractivity (Wildman–Crippen MR) is 78.5 cm³/mol. The van der Waals surface area contributed by atoms with E-state index in [4.69, 9.17) is 24.6 Å². The molecule has 1 fully saturated rings. The minimum atomic E-state index is -3.62. The topological polar surface area (TPSA) is 59.6 Å². The molecule has 1 amide bonds. The van der Waals surface area contributed by atoms with Crippen LogP contribution < -0.4 is 15.4 Å². The van der Waals surface area contributed by atoms with E-state index in [0.29, 0.717) is 11.3 Å². The zero-order valence-electron chi connectivity index (χ0n) is 22.1. The zero-order chi connectivity index (χ0) is 24.5. The first-order chi connectivity index (χ1) is 14.5. The highest BCUT2D eigenvalue weighted by Crippen LogP contribution is 2.28. The van der Waals surface area contributed by atoms with Crippen molar-refractivity contribution in [2.24, 2.45) is 5.89 Å². The van der Waals surface area contributed by atoms with E-state index in [0.717, 1.165) is 0 Å². The molecule has 1 aromatic rings. The molecule has 5 heteroatoms. The summed E-state index contributed by atoms with van der Waals surface area (Å²) in [6, 6.07) is 6.07. The fraction of sp³-hybridized carbons (Fsp3) is 0.438. The summed E-state index contributed by atoms with van der Waals surface area (Å²) in [6.45, 7) is -3.92. The molecule has 2 heterocycles. The van der Waals surface area contributed by atoms with E-state index in [1.165, 1.54) is 31.4 Å². The molecule has 0 aliphatic carbocycles. The largest absolute Gasteiger partial charge is 0.497 e. The molecule has 1 aromatic carbocycles. The van der Waals surface area contributed by atoms with Crippen LogP contribution in [0.5, 0.6) is 5.75 Å². The van der Waals surface area contributed by atoms with Crippen LogP contribution in [0.4, 0.5) is 0 Å². The first kappa shape index (κ1) is 6.01. The molecule has 1 saturated heterocycles. The van der Waals surface area contributed by atoms with Crippen LogP contribution >= 0.6 is 0 Å². The summed E-state index contributed by atoms with van der Waals surface area (Å²) in [7, 11) is 1.44. The lowest BCUT2D eigenvalue weighted by atomic mass is 9.88. The summed E-state index contributed by atoms with van der Waals surface area (Å²) in [5.41, 5.74) is -0.814. The Kier molecular flexibility index (Phi) is 1.77. The fourth-order valence-electron chi connectivity index (χ4n) is 1.78. The number of rotatable bonds is 4. The molecule has 0 aromatic heterocycles. The van der Waals surface area contributed by atoms with Gasteiger partial charge in [-0.3, -0.25) is 4.79 Å². The van der Waals surface area contributed by atoms with Crippen molar-refractivity contribution in [2.45, 2.75) is 25.4 Å². The third kappa shape index (κ3) is 3.19. The molecule has 21 heavy (non-hydrogen) atoms. The molecular formula is C16H20N2O3. The van der Waals surface area contributed by atoms with Crippen molar-refractivity contribution < 1.29 is 29.4 Å². The van der Waals surface area contributed by atoms with Gasteiger partial charge in [-0.15, -0.1) is 0 Å². The van der Waals surface area contributed by atoms with Gasteiger partial charge in [-0.1, -0.05) is 12.1 Å². The van der Waals surface area contributed by atoms with E-state index in [9.17, 15) is 4.79 Å². The third-order valence-corrected chi connectivity index (χ3v) is 2.83. The van der Waals surface area contributed by atoms with Crippen molar-refractivity contribution in [3.8, 4) is 5.75 Å². The molecular weight excluding hydrogens is 268 g/mol. The fourth-order valence-corrected chi connectivity index (χ4v) is 1.78. The van der Waals surface area contributed by atoms with Crippen molar-refractivity contribution >= 4 is 5.91 Å². The van der Waals surface area contributed by atoms with Crippen LogP contribution in [0.1, 0.15) is 30.6 Å². The van der Waals surface area contributed by atoms with Gasteiger partial charge in [0.15, 0.2) is 2.82 Å². The van der Waals surface area contributed by atoms with Crippen LogP contribution in [-0.2, 0) is 16.1 Å². The van der Waals surface area contributed by atoms with Crippen LogP contribution in [0, 0.1) is 5.89 Å². The first-order valence-corrected chi connectivity index (χ1v) is 6.13. The molecule has 2 aliphatic heterocycles. The number of carbonyl (C=O) groups excluding carboxylic acids is 1. The van der Waals surface area contributed by atoms with E-state index >= 15 is 0 Å². The Morgan fingerprint density at radius 2 is 2.33 bits per heavy atom. The molecule has 0 spiro atoms. The van der Waals surface area contributed by atoms with Gasteiger partial charge in [0.2, 0.25) is 5.91 Å². The van der Waals surface area contributed by atoms with E-state index in [1.54, 1.807) is 0 Å². The highest BCUT2D eigenvalue weighted by atomic mass is 16.5. The van der Waals surface area contributed by atoms with Gasteiger partial charge in [0.1, 0.15) is 5.75 Å². The minimum Gasteiger partial charge on any atom is -0.497 e. The van der Waals surface area contributed by atoms with Crippen LogP contribution in [-0.4, -0.2) is 25.6 Å². The monoisotopic (exact) mass is 299 g/mol. The summed E-state index contributed by atoms with van der Waals surface area (Å²) in [4.78, 5) is 12.4. The van der Waals surface area contributed by atoms with Crippen molar-refractivity contribution in [2.75, 3.05) is 13.6 Å². The quantitative estimate of drug-likeness (QED) is 0.885. The zero-order valence-corrected chi connectivity index (χ0v) is 11.1. The molecule has 2 atom stereocenters. The van der Waals surface area contributed by atoms with Crippen LogP contribution in [0.2, 0.25) is 2.82 Å². The van der Waals surface area contributed by atoms with Gasteiger partial charge in [0, 0.05) is 37.5 Å². The second-order valence-corrected chi connectivity index (χ2v) is 4.19. The van der Waals surface area contributed by atoms with E-state index < -0.39 is 55.6 Å². The average molecular weight is 299 g/mol. The maximum atomic E-state index is 12.4. The van der Waals surface area contributed by atoms with Crippen LogP contribution in [0.15, 0.2) is 36.1 Å². The Balaban J connectivity index is 2.22. The molecule has 112 valence electrons. The summed E-state index contributed by atoms with van der Waals surface area (Å²) >= 11 is 0. The lowest BCUT2D eigenvalue weighted by Crippen LogP contribution is -2.46. The first-order valence-electron chi connectivity index (χ1n) is 11.5. The van der Waals surface area contributed by atoms with Gasteiger partial charge in [0.05, 0.1) is 25.3 Å². The molecule has 0 bridgehead atoms. The highest BCUT2D eigenvalue weighted by molar-refractivity contribution is 5.79. The highest BCUT2D eigenvalue weighted by Gasteiger charge is 2.33. The number of benzene rings is 1. The number of amides is 1. The summed E-state index contributed by atoms with van der Waals surface area (Å²) < 4.78 is 101. The van der Waals surface area contributed by atoms with Gasteiger partial charge in [0.25, 0.3) is 0 Å². The second-order valence-electron chi connectivity index (χ2n) is 4.19. The maximum Gasteiger partial charge on any atom is 0.224 e. The van der Waals surface area contributed by atoms with E-state index in [-0.39, 0.29) is 10.6 Å². The van der Waals surface area contributed by atoms with Gasteiger partial charge in [-0.2, -0.15) is 0 Å². The van der Waals surface area contributed by atoms with Crippen molar-refractivity contribution in [1.29, 1.82) is 0 Å². The summed E-state index contributed by atoms with van der Waals surface area (Å²) in [5, 5.41) is -0.435. The predicted octanol–water partition coefficient (Wildman–Crippen LogP) is 1.55. The van der Waals surface area contributed by atoms with Crippen LogP contribution in [0.25, 0.3) is 0 Å². The normalized spacial score (nSPS) is 47.7. The number of piperidine rings is 1. The average Bonchev–Trinajstić information content (AvgIpc) is 2.74. The second kappa shape index (κ2) is 6.18. The summed E-state index contributed by atoms with van der Waals surface area (Å²) in [5.74, 6) is -4.69. The number of methoxy groups -OCH3 is 1. The molecule has 5 nitrogen and oxygen atoms in total. The maximum absolute atomic E-state index is 12.4. The Morgan fingerprint density at radius 3 is 3.10 bits per heavy atom. The van der Waals surface area contributed by atoms with E-state index in [1.807, 2.05) is 0 Å². The smallest absolute Gasteiger partial charge is 0.224 e. The van der Waals surface area contributed by atoms with Crippen molar-refractivity contribution in [3.05, 3.63) is 41.7 Å². The molecule has 3 rings (SSSR count). The molecule has 2 N–H and O–H groups in total. The summed E-state index contributed by atoms with van der Waals surface area (Å²) in [6.07, 6.45) is -11.8. The van der Waals surface area contributed by atoms with Gasteiger partial charge < -0.3 is 20.1 Å². The van der Waals surface area contributed by atoms with Gasteiger partial charge in [-0.25, -0.2) is 0 Å². The number of hydrogen-bond donors (Lipinski definition) is 2. The Labute approximate surface area is 139 Å². The van der Waals surface area contributed by atoms with Crippen molar-refractivity contribution in [1.82, 2.24) is 10.6 Å². The Morgan fingerprint density at radius 1 is 1.52 bits per heavy atom. The number of fused-ring (bicyclic) bond motifs is 1. The lowest BCUT2D eigenvalue weighted by molar-refractivity contribution is -0.122. The lowest BCUT2D eigenvalue weighted by Gasteiger charge is -2.36. The van der Waals surface area contributed by atoms with E-state index in [2.05, 4.69) is 0 Å². The van der Waals surface area contributed by atoms with Crippen molar-refractivity contribution in [3.63, 3.8) is 0 Å². The number of hydrogen-bond acceptors (Lipinski definition) is 4. The molecule has 2 unspecified atom stereocenters. The number of nitrogens with one attached hydrogen (secondary N) is 2. The third-order valence-electron chi connectivity index (χ3n) is 2.83. The SMILES string of the molecule is [2H]C1=C2N([2H])C(=O)C([2H])([2H])C([2H])([2H])C2([2H])C([2H])(OCc2ccc(OC)cc2)C([2H])([2H])N1[2H]. The minimum absolute atomic E-state index is 0.179. The standard InChI is InChI=1S/C16H20N2O3/c1-20-12-4-2-11(3-5-12)10-21-15-9-17-8-14-13(15)6-7-16(19)18-14/h2-5,8,13,15,17H,6-7,9-10H2,1H3,(H,18,19)/i6D2,7D2,8D,9D2,13D,15D/hD2. The van der Waals surface area contributed by atoms with Gasteiger partial charge in [-0.05, 0) is 24.1 Å². The van der Waals surface area contributed by atoms with Gasteiger partial charge >= 0.3 is 0 Å².